The van der Waals surface area contributed by atoms with E-state index in [4.69, 9.17) is 4.98 Å². The number of benzene rings is 2. The highest BCUT2D eigenvalue weighted by Crippen LogP contribution is 2.33. The Bertz CT molecular complexity index is 1270. The number of hydrazine groups is 1. The Kier molecular flexibility index (Phi) is 5.94. The summed E-state index contributed by atoms with van der Waals surface area (Å²) in [5.74, 6) is 0. The minimum Gasteiger partial charge on any atom is -0.322 e. The fraction of sp³-hybridized carbons (Fsp3) is 0.280. The van der Waals surface area contributed by atoms with E-state index in [9.17, 15) is 4.79 Å². The van der Waals surface area contributed by atoms with Crippen LogP contribution in [0.1, 0.15) is 48.0 Å². The molecule has 4 aromatic rings. The molecule has 160 valence electrons. The zero-order valence-corrected chi connectivity index (χ0v) is 19.2. The number of hydrogen-bond donors (Lipinski definition) is 3. The number of H-pyrrole nitrogens is 1. The van der Waals surface area contributed by atoms with E-state index < -0.39 is 0 Å². The molecule has 4 rings (SSSR count). The van der Waals surface area contributed by atoms with E-state index in [-0.39, 0.29) is 11.0 Å². The third-order valence-electron chi connectivity index (χ3n) is 5.32. The van der Waals surface area contributed by atoms with Gasteiger partial charge in [-0.25, -0.2) is 10.4 Å². The summed E-state index contributed by atoms with van der Waals surface area (Å²) >= 11 is 1.60. The molecule has 2 heterocycles. The number of pyridine rings is 1. The summed E-state index contributed by atoms with van der Waals surface area (Å²) in [6, 6.07) is 18.2. The van der Waals surface area contributed by atoms with Gasteiger partial charge in [-0.1, -0.05) is 63.2 Å². The molecule has 0 aliphatic heterocycles. The monoisotopic (exact) mass is 432 g/mol. The van der Waals surface area contributed by atoms with Crippen molar-refractivity contribution in [3.8, 4) is 0 Å². The van der Waals surface area contributed by atoms with Gasteiger partial charge < -0.3 is 4.98 Å². The van der Waals surface area contributed by atoms with Crippen molar-refractivity contribution in [2.24, 2.45) is 0 Å². The summed E-state index contributed by atoms with van der Waals surface area (Å²) in [5.41, 5.74) is 11.5. The summed E-state index contributed by atoms with van der Waals surface area (Å²) in [7, 11) is 0. The van der Waals surface area contributed by atoms with Gasteiger partial charge in [0.2, 0.25) is 0 Å². The zero-order chi connectivity index (χ0) is 22.0. The molecule has 0 amide bonds. The van der Waals surface area contributed by atoms with Gasteiger partial charge in [-0.2, -0.15) is 0 Å². The molecule has 6 heteroatoms. The lowest BCUT2D eigenvalue weighted by Gasteiger charge is -2.17. The lowest BCUT2D eigenvalue weighted by atomic mass is 9.90. The average molecular weight is 433 g/mol. The average Bonchev–Trinajstić information content (AvgIpc) is 3.13. The first-order chi connectivity index (χ1) is 14.8. The molecule has 0 radical (unpaired) electrons. The molecular weight excluding hydrogens is 404 g/mol. The molecule has 31 heavy (non-hydrogen) atoms. The number of nitrogens with one attached hydrogen (secondary N) is 3. The number of hydrogen-bond acceptors (Lipinski definition) is 5. The zero-order valence-electron chi connectivity index (χ0n) is 18.4. The van der Waals surface area contributed by atoms with Gasteiger partial charge >= 0.3 is 0 Å². The lowest BCUT2D eigenvalue weighted by Crippen LogP contribution is -2.21. The Balaban J connectivity index is 1.57. The van der Waals surface area contributed by atoms with Crippen LogP contribution in [0.5, 0.6) is 0 Å². The Morgan fingerprint density at radius 1 is 1.03 bits per heavy atom. The van der Waals surface area contributed by atoms with Crippen molar-refractivity contribution in [3.05, 3.63) is 92.2 Å². The van der Waals surface area contributed by atoms with Crippen LogP contribution >= 0.6 is 11.3 Å². The second kappa shape index (κ2) is 8.65. The largest absolute Gasteiger partial charge is 0.322 e. The van der Waals surface area contributed by atoms with E-state index in [1.54, 1.807) is 11.3 Å². The van der Waals surface area contributed by atoms with E-state index in [0.29, 0.717) is 13.0 Å². The molecule has 5 nitrogen and oxygen atoms in total. The van der Waals surface area contributed by atoms with Gasteiger partial charge in [0.1, 0.15) is 0 Å². The van der Waals surface area contributed by atoms with Crippen LogP contribution in [0.2, 0.25) is 0 Å². The standard InChI is InChI=1S/C25H28N4OS/c1-16-9-5-6-11-18(16)15-26-29-24-28-22(25(2,3)4)21(31-24)14-19-13-17-10-7-8-12-20(17)27-23(19)30/h5-13,26H,14-15H2,1-4H3,(H,27,30)(H,28,29). The van der Waals surface area contributed by atoms with Gasteiger partial charge in [0.25, 0.3) is 5.56 Å². The number of aromatic amines is 1. The Hall–Kier alpha value is -2.96. The van der Waals surface area contributed by atoms with Gasteiger partial charge in [-0.3, -0.25) is 10.2 Å². The van der Waals surface area contributed by atoms with Crippen LogP contribution in [0.3, 0.4) is 0 Å². The summed E-state index contributed by atoms with van der Waals surface area (Å²) in [6.45, 7) is 9.27. The van der Waals surface area contributed by atoms with Crippen LogP contribution in [0.4, 0.5) is 5.13 Å². The van der Waals surface area contributed by atoms with Crippen LogP contribution in [-0.2, 0) is 18.4 Å². The summed E-state index contributed by atoms with van der Waals surface area (Å²) in [6.07, 6.45) is 0.559. The fourth-order valence-corrected chi connectivity index (χ4v) is 4.80. The van der Waals surface area contributed by atoms with Crippen molar-refractivity contribution >= 4 is 27.4 Å². The van der Waals surface area contributed by atoms with Crippen molar-refractivity contribution in [1.29, 1.82) is 0 Å². The van der Waals surface area contributed by atoms with E-state index in [2.05, 4.69) is 55.7 Å². The number of fused-ring (bicyclic) bond motifs is 1. The van der Waals surface area contributed by atoms with Crippen LogP contribution < -0.4 is 16.4 Å². The van der Waals surface area contributed by atoms with Gasteiger partial charge in [-0.05, 0) is 35.6 Å². The summed E-state index contributed by atoms with van der Waals surface area (Å²) in [4.78, 5) is 21.6. The van der Waals surface area contributed by atoms with Crippen LogP contribution in [0.25, 0.3) is 10.9 Å². The molecule has 0 saturated carbocycles. The Morgan fingerprint density at radius 3 is 2.55 bits per heavy atom. The second-order valence-electron chi connectivity index (χ2n) is 8.83. The number of thiazole rings is 1. The highest BCUT2D eigenvalue weighted by molar-refractivity contribution is 7.15. The topological polar surface area (TPSA) is 69.8 Å². The van der Waals surface area contributed by atoms with Crippen molar-refractivity contribution in [3.63, 3.8) is 0 Å². The molecule has 3 N–H and O–H groups in total. The van der Waals surface area contributed by atoms with Gasteiger partial charge in [0.15, 0.2) is 5.13 Å². The lowest BCUT2D eigenvalue weighted by molar-refractivity contribution is 0.567. The number of anilines is 1. The molecule has 0 spiro atoms. The SMILES string of the molecule is Cc1ccccc1CNNc1nc(C(C)(C)C)c(Cc2cc3ccccc3[nH]c2=O)s1. The molecule has 0 saturated heterocycles. The summed E-state index contributed by atoms with van der Waals surface area (Å²) in [5, 5.41) is 1.85. The van der Waals surface area contributed by atoms with Crippen LogP contribution in [-0.4, -0.2) is 9.97 Å². The van der Waals surface area contributed by atoms with Crippen molar-refractivity contribution < 1.29 is 0 Å². The highest BCUT2D eigenvalue weighted by Gasteiger charge is 2.24. The fourth-order valence-electron chi connectivity index (χ4n) is 3.63. The van der Waals surface area contributed by atoms with Crippen LogP contribution in [0.15, 0.2) is 59.4 Å². The maximum absolute atomic E-state index is 12.7. The molecule has 0 atom stereocenters. The maximum Gasteiger partial charge on any atom is 0.251 e. The van der Waals surface area contributed by atoms with E-state index in [0.717, 1.165) is 32.2 Å². The predicted octanol–water partition coefficient (Wildman–Crippen LogP) is 5.30. The van der Waals surface area contributed by atoms with E-state index >= 15 is 0 Å². The minimum absolute atomic E-state index is 0.0425. The second-order valence-corrected chi connectivity index (χ2v) is 9.92. The maximum atomic E-state index is 12.7. The van der Waals surface area contributed by atoms with Crippen LogP contribution in [0, 0.1) is 6.92 Å². The molecule has 0 bridgehead atoms. The number of para-hydroxylation sites is 1. The number of aryl methyl sites for hydroxylation is 1. The highest BCUT2D eigenvalue weighted by atomic mass is 32.1. The normalized spacial score (nSPS) is 11.7. The van der Waals surface area contributed by atoms with Crippen molar-refractivity contribution in [2.75, 3.05) is 5.43 Å². The molecule has 0 fully saturated rings. The van der Waals surface area contributed by atoms with Gasteiger partial charge in [0, 0.05) is 34.3 Å². The Morgan fingerprint density at radius 2 is 1.77 bits per heavy atom. The third-order valence-corrected chi connectivity index (χ3v) is 6.30. The number of nitrogens with zero attached hydrogens (tertiary/aromatic N) is 1. The number of rotatable bonds is 6. The molecule has 0 unspecified atom stereocenters. The molecule has 2 aromatic carbocycles. The quantitative estimate of drug-likeness (QED) is 0.362. The summed E-state index contributed by atoms with van der Waals surface area (Å²) < 4.78 is 0. The number of aromatic nitrogens is 2. The first-order valence-corrected chi connectivity index (χ1v) is 11.3. The van der Waals surface area contributed by atoms with Crippen molar-refractivity contribution in [1.82, 2.24) is 15.4 Å². The predicted molar refractivity (Wildman–Crippen MR) is 130 cm³/mol. The Labute approximate surface area is 186 Å². The van der Waals surface area contributed by atoms with Gasteiger partial charge in [-0.15, -0.1) is 11.3 Å². The first-order valence-electron chi connectivity index (χ1n) is 10.5. The van der Waals surface area contributed by atoms with Crippen molar-refractivity contribution in [2.45, 2.75) is 46.1 Å². The third kappa shape index (κ3) is 4.86. The van der Waals surface area contributed by atoms with E-state index in [1.807, 2.05) is 42.5 Å². The molecule has 2 aromatic heterocycles. The molecular formula is C25H28N4OS. The smallest absolute Gasteiger partial charge is 0.251 e. The van der Waals surface area contributed by atoms with Gasteiger partial charge in [0.05, 0.1) is 5.69 Å². The molecule has 0 aliphatic rings. The van der Waals surface area contributed by atoms with E-state index in [1.165, 1.54) is 11.1 Å². The molecule has 0 aliphatic carbocycles. The first kappa shape index (κ1) is 21.3. The minimum atomic E-state index is -0.120.